The van der Waals surface area contributed by atoms with Gasteiger partial charge in [0.2, 0.25) is 17.7 Å². The number of carbonyl (C=O) groups excluding carboxylic acids is 5. The van der Waals surface area contributed by atoms with Crippen LogP contribution < -0.4 is 30.7 Å². The van der Waals surface area contributed by atoms with E-state index in [0.29, 0.717) is 68.9 Å². The van der Waals surface area contributed by atoms with Gasteiger partial charge in [-0.2, -0.15) is 0 Å². The highest BCUT2D eigenvalue weighted by molar-refractivity contribution is 7.09. The number of carbonyl (C=O) groups is 5. The second-order valence-electron chi connectivity index (χ2n) is 13.5. The molecule has 2 aliphatic heterocycles. The van der Waals surface area contributed by atoms with Gasteiger partial charge in [-0.3, -0.25) is 24.0 Å². The highest BCUT2D eigenvalue weighted by Crippen LogP contribution is 2.28. The van der Waals surface area contributed by atoms with Gasteiger partial charge < -0.3 is 40.7 Å². The first kappa shape index (κ1) is 41.2. The van der Waals surface area contributed by atoms with Crippen molar-refractivity contribution in [3.63, 3.8) is 0 Å². The van der Waals surface area contributed by atoms with Crippen molar-refractivity contribution in [3.8, 4) is 11.5 Å². The van der Waals surface area contributed by atoms with Crippen molar-refractivity contribution in [2.75, 3.05) is 39.9 Å². The van der Waals surface area contributed by atoms with Gasteiger partial charge >= 0.3 is 0 Å². The van der Waals surface area contributed by atoms with Crippen molar-refractivity contribution >= 4 is 40.9 Å². The van der Waals surface area contributed by atoms with E-state index in [2.05, 4.69) is 26.3 Å². The molecule has 51 heavy (non-hydrogen) atoms. The number of methoxy groups -OCH3 is 1. The second kappa shape index (κ2) is 20.6. The summed E-state index contributed by atoms with van der Waals surface area (Å²) in [5.74, 6) is -0.994. The first-order chi connectivity index (χ1) is 24.3. The van der Waals surface area contributed by atoms with Crippen molar-refractivity contribution in [2.24, 2.45) is 5.92 Å². The highest BCUT2D eigenvalue weighted by atomic mass is 32.1. The number of aryl methyl sites for hydroxylation is 1. The van der Waals surface area contributed by atoms with Gasteiger partial charge in [0.05, 0.1) is 18.2 Å². The summed E-state index contributed by atoms with van der Waals surface area (Å²) in [5, 5.41) is 24.1. The molecule has 2 aliphatic rings. The molecule has 0 spiro atoms. The molecular formula is C36H54N6O8S. The number of aliphatic hydroxyl groups excluding tert-OH is 1. The molecule has 3 heterocycles. The van der Waals surface area contributed by atoms with Gasteiger partial charge in [0.1, 0.15) is 17.8 Å². The van der Waals surface area contributed by atoms with E-state index in [9.17, 15) is 29.1 Å². The van der Waals surface area contributed by atoms with Crippen molar-refractivity contribution < 1.29 is 38.6 Å². The fourth-order valence-corrected chi connectivity index (χ4v) is 6.25. The molecule has 0 saturated carbocycles. The number of thiazole rings is 1. The average Bonchev–Trinajstić information content (AvgIpc) is 3.59. The van der Waals surface area contributed by atoms with E-state index in [1.54, 1.807) is 28.5 Å². The van der Waals surface area contributed by atoms with E-state index in [1.807, 2.05) is 27.7 Å². The van der Waals surface area contributed by atoms with Crippen LogP contribution in [-0.2, 0) is 25.6 Å². The number of hydrogen-bond acceptors (Lipinski definition) is 10. The minimum Gasteiger partial charge on any atom is -0.493 e. The fraction of sp³-hybridized carbons (Fsp3) is 0.611. The number of amides is 5. The highest BCUT2D eigenvalue weighted by Gasteiger charge is 2.30. The lowest BCUT2D eigenvalue weighted by molar-refractivity contribution is -0.134. The smallest absolute Gasteiger partial charge is 0.273 e. The van der Waals surface area contributed by atoms with Gasteiger partial charge in [-0.1, -0.05) is 33.8 Å². The Bertz CT molecular complexity index is 1480. The number of nitrogens with one attached hydrogen (secondary N) is 4. The summed E-state index contributed by atoms with van der Waals surface area (Å²) in [4.78, 5) is 71.8. The zero-order chi connectivity index (χ0) is 37.5. The number of benzene rings is 1. The summed E-state index contributed by atoms with van der Waals surface area (Å²) in [6.45, 7) is 10.4. The summed E-state index contributed by atoms with van der Waals surface area (Å²) in [6, 6.07) is 3.03. The Labute approximate surface area is 304 Å². The molecular weight excluding hydrogens is 676 g/mol. The maximum Gasteiger partial charge on any atom is 0.273 e. The van der Waals surface area contributed by atoms with E-state index < -0.39 is 30.0 Å². The molecule has 282 valence electrons. The van der Waals surface area contributed by atoms with Crippen LogP contribution in [0.3, 0.4) is 0 Å². The van der Waals surface area contributed by atoms with E-state index >= 15 is 0 Å². The zero-order valence-electron chi connectivity index (χ0n) is 30.6. The molecule has 14 nitrogen and oxygen atoms in total. The minimum atomic E-state index is -1.23. The first-order valence-electron chi connectivity index (χ1n) is 17.7. The number of nitrogens with zero attached hydrogens (tertiary/aromatic N) is 2. The monoisotopic (exact) mass is 730 g/mol. The number of aliphatic hydroxyl groups is 1. The molecule has 15 heteroatoms. The van der Waals surface area contributed by atoms with Gasteiger partial charge in [0.15, 0.2) is 18.1 Å². The van der Waals surface area contributed by atoms with E-state index in [-0.39, 0.29) is 49.1 Å². The van der Waals surface area contributed by atoms with Crippen molar-refractivity contribution in [1.82, 2.24) is 31.2 Å². The lowest BCUT2D eigenvalue weighted by atomic mass is 10.0. The van der Waals surface area contributed by atoms with Crippen LogP contribution in [0.15, 0.2) is 23.6 Å². The minimum absolute atomic E-state index is 0.0540. The maximum atomic E-state index is 13.5. The number of hydrogen-bond donors (Lipinski definition) is 5. The maximum absolute atomic E-state index is 13.5. The summed E-state index contributed by atoms with van der Waals surface area (Å²) in [7, 11) is 1.48. The average molecular weight is 731 g/mol. The van der Waals surface area contributed by atoms with Gasteiger partial charge in [-0.05, 0) is 62.6 Å². The molecule has 0 fully saturated rings. The summed E-state index contributed by atoms with van der Waals surface area (Å²) in [6.07, 6.45) is 1.14. The predicted octanol–water partition coefficient (Wildman–Crippen LogP) is 2.54. The summed E-state index contributed by atoms with van der Waals surface area (Å²) in [5.41, 5.74) is 1.16. The summed E-state index contributed by atoms with van der Waals surface area (Å²) < 4.78 is 11.2. The molecule has 0 radical (unpaired) electrons. The molecule has 3 atom stereocenters. The summed E-state index contributed by atoms with van der Waals surface area (Å²) >= 11 is 1.44. The van der Waals surface area contributed by atoms with Crippen molar-refractivity contribution in [2.45, 2.75) is 97.2 Å². The topological polar surface area (TPSA) is 188 Å². The molecule has 4 rings (SSSR count). The Balaban J connectivity index is 1.79. The van der Waals surface area contributed by atoms with Crippen LogP contribution in [0.2, 0.25) is 0 Å². The first-order valence-corrected chi connectivity index (χ1v) is 18.5. The van der Waals surface area contributed by atoms with Crippen molar-refractivity contribution in [1.29, 1.82) is 0 Å². The van der Waals surface area contributed by atoms with Crippen LogP contribution in [0.1, 0.15) is 93.7 Å². The Morgan fingerprint density at radius 3 is 2.37 bits per heavy atom. The van der Waals surface area contributed by atoms with Gasteiger partial charge in [-0.15, -0.1) is 11.3 Å². The van der Waals surface area contributed by atoms with Crippen LogP contribution in [0.4, 0.5) is 0 Å². The predicted molar refractivity (Wildman–Crippen MR) is 194 cm³/mol. The third-order valence-electron chi connectivity index (χ3n) is 8.25. The van der Waals surface area contributed by atoms with Gasteiger partial charge in [-0.25, -0.2) is 4.98 Å². The normalized spacial score (nSPS) is 20.2. The molecule has 2 bridgehead atoms. The lowest BCUT2D eigenvalue weighted by Gasteiger charge is -2.26. The van der Waals surface area contributed by atoms with E-state index in [1.165, 1.54) is 25.4 Å². The Hall–Kier alpha value is -4.24. The molecule has 1 aromatic carbocycles. The standard InChI is InChI=1S/C36H54N6O8S/c1-22(2)18-26-33(46)41-32(24(5)43)34(47)38-14-7-8-16-42(36(48)27-21-51-35(40-27)23(3)4)17-9-15-37-31(45)20-50-28-12-10-25(19-29(28)49-6)11-13-30(44)39-26/h10,12,19,21-24,26,32,43H,7-9,11,13-18,20H2,1-6H3,(H,37,45)(H,38,47)(H,39,44)(H,41,46)/t24-,26-,32+/m1/s1. The molecule has 0 unspecified atom stereocenters. The molecule has 5 N–H and O–H groups in total. The van der Waals surface area contributed by atoms with Crippen LogP contribution in [0.5, 0.6) is 11.5 Å². The number of rotatable bonds is 6. The zero-order valence-corrected chi connectivity index (χ0v) is 31.4. The molecule has 0 saturated heterocycles. The molecule has 5 amide bonds. The number of ether oxygens (including phenoxy) is 2. The third kappa shape index (κ3) is 13.4. The van der Waals surface area contributed by atoms with Crippen LogP contribution >= 0.6 is 11.3 Å². The lowest BCUT2D eigenvalue weighted by Crippen LogP contribution is -2.57. The third-order valence-corrected chi connectivity index (χ3v) is 9.40. The van der Waals surface area contributed by atoms with Crippen LogP contribution in [0, 0.1) is 5.92 Å². The molecule has 0 aliphatic carbocycles. The van der Waals surface area contributed by atoms with E-state index in [4.69, 9.17) is 9.47 Å². The largest absolute Gasteiger partial charge is 0.493 e. The number of aromatic nitrogens is 1. The Morgan fingerprint density at radius 2 is 1.71 bits per heavy atom. The quantitative estimate of drug-likeness (QED) is 0.279. The SMILES string of the molecule is COc1cc2ccc1OCC(=O)NCCCN(C(=O)c1csc(C(C)C)n1)CCCCNC(=O)[C@H]([C@@H](C)O)NC(=O)[C@@H](CC(C)C)NC(=O)CC2. The fourth-order valence-electron chi connectivity index (χ4n) is 5.44. The molecule has 1 aromatic heterocycles. The number of fused-ring (bicyclic) bond motifs is 23. The van der Waals surface area contributed by atoms with Crippen molar-refractivity contribution in [3.05, 3.63) is 39.8 Å². The Kier molecular flexibility index (Phi) is 16.6. The van der Waals surface area contributed by atoms with Gasteiger partial charge in [0, 0.05) is 43.9 Å². The Morgan fingerprint density at radius 1 is 0.980 bits per heavy atom. The second-order valence-corrected chi connectivity index (χ2v) is 14.4. The van der Waals surface area contributed by atoms with Gasteiger partial charge in [0.25, 0.3) is 11.8 Å². The van der Waals surface area contributed by atoms with E-state index in [0.717, 1.165) is 10.6 Å². The van der Waals surface area contributed by atoms with Crippen LogP contribution in [-0.4, -0.2) is 103 Å². The van der Waals surface area contributed by atoms with Crippen LogP contribution in [0.25, 0.3) is 0 Å². The molecule has 2 aromatic rings.